The monoisotopic (exact) mass is 449 g/mol. The van der Waals surface area contributed by atoms with Crippen LogP contribution in [0.2, 0.25) is 0 Å². The molecule has 2 saturated heterocycles. The fourth-order valence-corrected chi connectivity index (χ4v) is 5.60. The van der Waals surface area contributed by atoms with Crippen molar-refractivity contribution in [2.75, 3.05) is 6.54 Å². The van der Waals surface area contributed by atoms with Gasteiger partial charge >= 0.3 is 6.09 Å². The second-order valence-corrected chi connectivity index (χ2v) is 10.5. The molecule has 1 aromatic carbocycles. The van der Waals surface area contributed by atoms with Crippen molar-refractivity contribution in [2.45, 2.75) is 77.6 Å². The van der Waals surface area contributed by atoms with Gasteiger partial charge in [0, 0.05) is 18.4 Å². The molecule has 1 aromatic heterocycles. The summed E-state index contributed by atoms with van der Waals surface area (Å²) in [5.41, 5.74) is 2.76. The molecule has 5 rings (SSSR count). The Morgan fingerprint density at radius 3 is 2.52 bits per heavy atom. The summed E-state index contributed by atoms with van der Waals surface area (Å²) in [4.78, 5) is 44.2. The number of rotatable bonds is 1. The lowest BCUT2D eigenvalue weighted by atomic mass is 9.87. The van der Waals surface area contributed by atoms with E-state index in [-0.39, 0.29) is 11.8 Å². The molecule has 174 valence electrons. The zero-order valence-electron chi connectivity index (χ0n) is 19.9. The van der Waals surface area contributed by atoms with Crippen LogP contribution in [0.4, 0.5) is 4.79 Å². The second-order valence-electron chi connectivity index (χ2n) is 10.5. The lowest BCUT2D eigenvalue weighted by molar-refractivity contribution is -0.162. The SMILES string of the molecule is CC(C)=C[C@H]1c2c(c3ccccc3n2C(=O)OC(C)(C)C)C[C@H]2C(=O)N3CCC[C@H]3C(=O)N21. The Balaban J connectivity index is 1.76. The zero-order valence-corrected chi connectivity index (χ0v) is 19.9. The van der Waals surface area contributed by atoms with Gasteiger partial charge < -0.3 is 14.5 Å². The number of benzene rings is 1. The van der Waals surface area contributed by atoms with E-state index in [1.54, 1.807) is 14.4 Å². The van der Waals surface area contributed by atoms with E-state index < -0.39 is 29.8 Å². The minimum Gasteiger partial charge on any atom is -0.443 e. The van der Waals surface area contributed by atoms with E-state index in [0.717, 1.165) is 34.2 Å². The molecule has 4 heterocycles. The molecule has 0 aliphatic carbocycles. The van der Waals surface area contributed by atoms with E-state index >= 15 is 0 Å². The maximum absolute atomic E-state index is 13.7. The van der Waals surface area contributed by atoms with Crippen molar-refractivity contribution in [3.8, 4) is 0 Å². The first-order valence-corrected chi connectivity index (χ1v) is 11.7. The molecule has 33 heavy (non-hydrogen) atoms. The normalized spacial score (nSPS) is 24.5. The highest BCUT2D eigenvalue weighted by Gasteiger charge is 2.53. The summed E-state index contributed by atoms with van der Waals surface area (Å²) in [6, 6.07) is 6.25. The van der Waals surface area contributed by atoms with Gasteiger partial charge in [0.2, 0.25) is 11.8 Å². The fourth-order valence-electron chi connectivity index (χ4n) is 5.60. The molecular weight excluding hydrogens is 418 g/mol. The number of aromatic nitrogens is 1. The average molecular weight is 450 g/mol. The van der Waals surface area contributed by atoms with Gasteiger partial charge in [0.05, 0.1) is 17.3 Å². The Morgan fingerprint density at radius 1 is 1.09 bits per heavy atom. The van der Waals surface area contributed by atoms with Gasteiger partial charge in [-0.3, -0.25) is 9.59 Å². The minimum absolute atomic E-state index is 0.0176. The molecule has 2 amide bonds. The van der Waals surface area contributed by atoms with E-state index in [1.807, 2.05) is 65.0 Å². The highest BCUT2D eigenvalue weighted by Crippen LogP contribution is 2.44. The number of fused-ring (bicyclic) bond motifs is 5. The quantitative estimate of drug-likeness (QED) is 0.612. The Bertz CT molecular complexity index is 1200. The summed E-state index contributed by atoms with van der Waals surface area (Å²) in [5.74, 6) is -0.00440. The third-order valence-corrected chi connectivity index (χ3v) is 6.76. The van der Waals surface area contributed by atoms with Crippen LogP contribution in [-0.2, 0) is 20.7 Å². The molecule has 7 heteroatoms. The van der Waals surface area contributed by atoms with Gasteiger partial charge in [-0.05, 0) is 59.1 Å². The summed E-state index contributed by atoms with van der Waals surface area (Å²) in [6.07, 6.45) is 3.46. The molecule has 3 aliphatic rings. The third kappa shape index (κ3) is 3.36. The summed E-state index contributed by atoms with van der Waals surface area (Å²) >= 11 is 0. The Hall–Kier alpha value is -3.09. The Morgan fingerprint density at radius 2 is 1.82 bits per heavy atom. The van der Waals surface area contributed by atoms with Crippen LogP contribution in [-0.4, -0.2) is 56.5 Å². The van der Waals surface area contributed by atoms with Crippen LogP contribution in [0.15, 0.2) is 35.9 Å². The molecule has 0 N–H and O–H groups in total. The van der Waals surface area contributed by atoms with Crippen LogP contribution >= 0.6 is 0 Å². The van der Waals surface area contributed by atoms with Crippen LogP contribution < -0.4 is 0 Å². The first-order valence-electron chi connectivity index (χ1n) is 11.7. The smallest absolute Gasteiger partial charge is 0.419 e. The molecule has 0 spiro atoms. The van der Waals surface area contributed by atoms with Crippen molar-refractivity contribution in [1.29, 1.82) is 0 Å². The molecule has 3 aliphatic heterocycles. The number of carbonyl (C=O) groups excluding carboxylic acids is 3. The minimum atomic E-state index is -0.667. The van der Waals surface area contributed by atoms with E-state index in [1.165, 1.54) is 0 Å². The van der Waals surface area contributed by atoms with Crippen molar-refractivity contribution in [3.05, 3.63) is 47.2 Å². The zero-order chi connectivity index (χ0) is 23.7. The average Bonchev–Trinajstić information content (AvgIpc) is 3.34. The van der Waals surface area contributed by atoms with E-state index in [4.69, 9.17) is 4.74 Å². The van der Waals surface area contributed by atoms with E-state index in [2.05, 4.69) is 0 Å². The maximum atomic E-state index is 13.7. The highest BCUT2D eigenvalue weighted by atomic mass is 16.6. The van der Waals surface area contributed by atoms with Gasteiger partial charge in [-0.15, -0.1) is 0 Å². The number of ether oxygens (including phenoxy) is 1. The standard InChI is InChI=1S/C26H31N3O4/c1-15(2)13-20-22-17(14-21-23(30)27-12-8-11-19(27)24(31)28(20)21)16-9-6-7-10-18(16)29(22)25(32)33-26(3,4)5/h6-7,9-10,13,19-21H,8,11-12,14H2,1-5H3/t19-,20-,21-/m0/s1. The van der Waals surface area contributed by atoms with Crippen LogP contribution in [0, 0.1) is 0 Å². The Labute approximate surface area is 194 Å². The summed E-state index contributed by atoms with van der Waals surface area (Å²) < 4.78 is 7.41. The maximum Gasteiger partial charge on any atom is 0.419 e. The first kappa shape index (κ1) is 21.7. The molecule has 0 unspecified atom stereocenters. The number of amides is 2. The molecule has 2 aromatic rings. The van der Waals surface area contributed by atoms with Crippen LogP contribution in [0.25, 0.3) is 10.9 Å². The molecule has 2 fully saturated rings. The number of nitrogens with zero attached hydrogens (tertiary/aromatic N) is 3. The number of allylic oxidation sites excluding steroid dienone is 1. The van der Waals surface area contributed by atoms with Gasteiger partial charge in [0.1, 0.15) is 17.7 Å². The van der Waals surface area contributed by atoms with Gasteiger partial charge in [0.25, 0.3) is 0 Å². The molecule has 0 saturated carbocycles. The lowest BCUT2D eigenvalue weighted by Crippen LogP contribution is -2.65. The van der Waals surface area contributed by atoms with Gasteiger partial charge in [-0.25, -0.2) is 9.36 Å². The summed E-state index contributed by atoms with van der Waals surface area (Å²) in [5, 5.41) is 0.925. The number of piperazine rings is 1. The second kappa shape index (κ2) is 7.47. The first-order chi connectivity index (χ1) is 15.6. The van der Waals surface area contributed by atoms with Crippen molar-refractivity contribution >= 4 is 28.8 Å². The molecule has 0 radical (unpaired) electrons. The van der Waals surface area contributed by atoms with E-state index in [0.29, 0.717) is 19.4 Å². The summed E-state index contributed by atoms with van der Waals surface area (Å²) in [7, 11) is 0. The number of hydrogen-bond donors (Lipinski definition) is 0. The molecule has 3 atom stereocenters. The predicted molar refractivity (Wildman–Crippen MR) is 125 cm³/mol. The molecule has 7 nitrogen and oxygen atoms in total. The van der Waals surface area contributed by atoms with Gasteiger partial charge in [0.15, 0.2) is 0 Å². The molecule has 0 bridgehead atoms. The summed E-state index contributed by atoms with van der Waals surface area (Å²) in [6.45, 7) is 10.1. The van der Waals surface area contributed by atoms with Crippen molar-refractivity contribution in [1.82, 2.24) is 14.4 Å². The van der Waals surface area contributed by atoms with Gasteiger partial charge in [-0.1, -0.05) is 29.8 Å². The number of para-hydroxylation sites is 1. The topological polar surface area (TPSA) is 71.8 Å². The van der Waals surface area contributed by atoms with Crippen LogP contribution in [0.5, 0.6) is 0 Å². The molecular formula is C26H31N3O4. The van der Waals surface area contributed by atoms with E-state index in [9.17, 15) is 14.4 Å². The Kier molecular flexibility index (Phi) is 4.92. The van der Waals surface area contributed by atoms with Crippen molar-refractivity contribution in [3.63, 3.8) is 0 Å². The fraction of sp³-hybridized carbons (Fsp3) is 0.500. The number of carbonyl (C=O) groups is 3. The van der Waals surface area contributed by atoms with Crippen molar-refractivity contribution < 1.29 is 19.1 Å². The van der Waals surface area contributed by atoms with Gasteiger partial charge in [-0.2, -0.15) is 0 Å². The highest BCUT2D eigenvalue weighted by molar-refractivity contribution is 6.01. The largest absolute Gasteiger partial charge is 0.443 e. The lowest BCUT2D eigenvalue weighted by Gasteiger charge is -2.48. The van der Waals surface area contributed by atoms with Crippen LogP contribution in [0.3, 0.4) is 0 Å². The van der Waals surface area contributed by atoms with Crippen molar-refractivity contribution in [2.24, 2.45) is 0 Å². The number of hydrogen-bond acceptors (Lipinski definition) is 4. The predicted octanol–water partition coefficient (Wildman–Crippen LogP) is 4.19. The van der Waals surface area contributed by atoms with Crippen LogP contribution in [0.1, 0.15) is 64.8 Å². The third-order valence-electron chi connectivity index (χ3n) is 6.76.